The summed E-state index contributed by atoms with van der Waals surface area (Å²) >= 11 is 0. The first-order valence-electron chi connectivity index (χ1n) is 8.74. The van der Waals surface area contributed by atoms with Gasteiger partial charge in [0.15, 0.2) is 12.8 Å². The van der Waals surface area contributed by atoms with Crippen molar-refractivity contribution in [2.24, 2.45) is 0 Å². The highest BCUT2D eigenvalue weighted by Crippen LogP contribution is 2.47. The molecule has 122 valence electrons. The normalized spacial score (nSPS) is 21.8. The van der Waals surface area contributed by atoms with Gasteiger partial charge in [0.25, 0.3) is 0 Å². The molecule has 0 fully saturated rings. The largest absolute Gasteiger partial charge is 0.347 e. The number of para-hydroxylation sites is 2. The lowest BCUT2D eigenvalue weighted by molar-refractivity contribution is -0.423. The fourth-order valence-corrected chi connectivity index (χ4v) is 4.51. The van der Waals surface area contributed by atoms with Gasteiger partial charge >= 0.3 is 0 Å². The SMILES string of the molecule is CC(C=[N+]1CCc2ccccc21)=C1N(C)c2ccccc2C1(C)C. The predicted molar refractivity (Wildman–Crippen MR) is 102 cm³/mol. The highest BCUT2D eigenvalue weighted by atomic mass is 15.2. The molecule has 2 aromatic carbocycles. The number of nitrogens with zero attached hydrogens (tertiary/aromatic N) is 2. The Bertz CT molecular complexity index is 871. The molecule has 4 rings (SSSR count). The molecule has 0 aliphatic carbocycles. The standard InChI is InChI=1S/C22H25N2/c1-16(15-24-14-13-17-9-5-7-11-19(17)24)21-22(2,3)18-10-6-8-12-20(18)23(21)4/h5-12,15H,13-14H2,1-4H3/q+1. The molecule has 2 aromatic rings. The Morgan fingerprint density at radius 3 is 2.58 bits per heavy atom. The van der Waals surface area contributed by atoms with E-state index in [9.17, 15) is 0 Å². The summed E-state index contributed by atoms with van der Waals surface area (Å²) < 4.78 is 2.41. The minimum Gasteiger partial charge on any atom is -0.347 e. The van der Waals surface area contributed by atoms with E-state index in [0.29, 0.717) is 0 Å². The number of likely N-dealkylation sites (N-methyl/N-ethyl adjacent to an activating group) is 1. The van der Waals surface area contributed by atoms with E-state index in [2.05, 4.69) is 92.0 Å². The molecule has 24 heavy (non-hydrogen) atoms. The fourth-order valence-electron chi connectivity index (χ4n) is 4.51. The first-order valence-corrected chi connectivity index (χ1v) is 8.74. The summed E-state index contributed by atoms with van der Waals surface area (Å²) in [6.07, 6.45) is 3.47. The number of fused-ring (bicyclic) bond motifs is 2. The van der Waals surface area contributed by atoms with Gasteiger partial charge in [0.05, 0.1) is 0 Å². The van der Waals surface area contributed by atoms with Crippen LogP contribution in [0.4, 0.5) is 11.4 Å². The summed E-state index contributed by atoms with van der Waals surface area (Å²) in [6.45, 7) is 7.99. The van der Waals surface area contributed by atoms with Crippen molar-refractivity contribution in [3.63, 3.8) is 0 Å². The van der Waals surface area contributed by atoms with Crippen LogP contribution in [-0.4, -0.2) is 24.4 Å². The van der Waals surface area contributed by atoms with E-state index in [4.69, 9.17) is 0 Å². The summed E-state index contributed by atoms with van der Waals surface area (Å²) in [5.74, 6) is 0. The molecule has 2 heterocycles. The molecule has 0 saturated carbocycles. The van der Waals surface area contributed by atoms with Gasteiger partial charge in [0, 0.05) is 47.5 Å². The maximum atomic E-state index is 2.41. The van der Waals surface area contributed by atoms with E-state index < -0.39 is 0 Å². The van der Waals surface area contributed by atoms with E-state index in [-0.39, 0.29) is 5.41 Å². The van der Waals surface area contributed by atoms with Crippen molar-refractivity contribution in [2.45, 2.75) is 32.6 Å². The molecule has 0 atom stereocenters. The summed E-state index contributed by atoms with van der Waals surface area (Å²) in [4.78, 5) is 2.36. The molecule has 0 unspecified atom stereocenters. The number of rotatable bonds is 1. The van der Waals surface area contributed by atoms with Crippen LogP contribution in [0, 0.1) is 0 Å². The summed E-state index contributed by atoms with van der Waals surface area (Å²) in [5.41, 5.74) is 8.32. The molecule has 0 aromatic heterocycles. The fraction of sp³-hybridized carbons (Fsp3) is 0.318. The van der Waals surface area contributed by atoms with Gasteiger partial charge in [-0.3, -0.25) is 0 Å². The van der Waals surface area contributed by atoms with E-state index in [1.165, 1.54) is 33.8 Å². The summed E-state index contributed by atoms with van der Waals surface area (Å²) in [5, 5.41) is 0. The van der Waals surface area contributed by atoms with E-state index >= 15 is 0 Å². The summed E-state index contributed by atoms with van der Waals surface area (Å²) in [6, 6.07) is 17.5. The molecule has 0 amide bonds. The maximum Gasteiger partial charge on any atom is 0.208 e. The van der Waals surface area contributed by atoms with Crippen LogP contribution < -0.4 is 4.90 Å². The Hall–Kier alpha value is -2.35. The number of hydrogen-bond acceptors (Lipinski definition) is 1. The molecule has 0 bridgehead atoms. The number of anilines is 1. The molecule has 2 aliphatic heterocycles. The van der Waals surface area contributed by atoms with E-state index in [1.807, 2.05) is 0 Å². The smallest absolute Gasteiger partial charge is 0.208 e. The molecule has 0 spiro atoms. The zero-order chi connectivity index (χ0) is 16.9. The van der Waals surface area contributed by atoms with Gasteiger partial charge in [0.1, 0.15) is 0 Å². The van der Waals surface area contributed by atoms with Gasteiger partial charge in [-0.2, -0.15) is 4.58 Å². The van der Waals surface area contributed by atoms with Crippen molar-refractivity contribution in [1.82, 2.24) is 0 Å². The van der Waals surface area contributed by atoms with Gasteiger partial charge in [0.2, 0.25) is 5.69 Å². The van der Waals surface area contributed by atoms with Crippen molar-refractivity contribution in [3.8, 4) is 0 Å². The first-order chi connectivity index (χ1) is 11.5. The Morgan fingerprint density at radius 2 is 1.79 bits per heavy atom. The molecule has 0 saturated heterocycles. The van der Waals surface area contributed by atoms with E-state index in [0.717, 1.165) is 13.0 Å². The molecule has 0 N–H and O–H groups in total. The number of allylic oxidation sites excluding steroid dienone is 2. The van der Waals surface area contributed by atoms with Gasteiger partial charge in [-0.15, -0.1) is 0 Å². The maximum absolute atomic E-state index is 2.41. The lowest BCUT2D eigenvalue weighted by Crippen LogP contribution is -2.25. The zero-order valence-corrected chi connectivity index (χ0v) is 15.0. The average molecular weight is 317 g/mol. The lowest BCUT2D eigenvalue weighted by atomic mass is 9.82. The molecule has 2 nitrogen and oxygen atoms in total. The lowest BCUT2D eigenvalue weighted by Gasteiger charge is -2.25. The molecule has 2 aliphatic rings. The highest BCUT2D eigenvalue weighted by Gasteiger charge is 2.39. The van der Waals surface area contributed by atoms with Crippen LogP contribution in [0.1, 0.15) is 31.9 Å². The second-order valence-electron chi connectivity index (χ2n) is 7.43. The van der Waals surface area contributed by atoms with Crippen LogP contribution >= 0.6 is 0 Å². The molecule has 0 radical (unpaired) electrons. The van der Waals surface area contributed by atoms with Crippen molar-refractivity contribution in [1.29, 1.82) is 0 Å². The van der Waals surface area contributed by atoms with Gasteiger partial charge in [-0.05, 0) is 18.6 Å². The van der Waals surface area contributed by atoms with Crippen LogP contribution in [0.25, 0.3) is 0 Å². The Labute approximate surface area is 144 Å². The number of hydrogen-bond donors (Lipinski definition) is 0. The second kappa shape index (κ2) is 5.34. The average Bonchev–Trinajstić information content (AvgIpc) is 3.06. The minimum absolute atomic E-state index is 0.0329. The van der Waals surface area contributed by atoms with Crippen LogP contribution in [0.5, 0.6) is 0 Å². The molecule has 2 heteroatoms. The quantitative estimate of drug-likeness (QED) is 0.693. The van der Waals surface area contributed by atoms with Gasteiger partial charge in [-0.1, -0.05) is 50.2 Å². The second-order valence-corrected chi connectivity index (χ2v) is 7.43. The minimum atomic E-state index is 0.0329. The third-order valence-electron chi connectivity index (χ3n) is 5.51. The van der Waals surface area contributed by atoms with Crippen LogP contribution in [0.2, 0.25) is 0 Å². The predicted octanol–water partition coefficient (Wildman–Crippen LogP) is 4.66. The third-order valence-corrected chi connectivity index (χ3v) is 5.51. The third kappa shape index (κ3) is 2.13. The first kappa shape index (κ1) is 15.2. The van der Waals surface area contributed by atoms with Gasteiger partial charge in [-0.25, -0.2) is 0 Å². The van der Waals surface area contributed by atoms with E-state index in [1.54, 1.807) is 0 Å². The Morgan fingerprint density at radius 1 is 1.08 bits per heavy atom. The van der Waals surface area contributed by atoms with Crippen LogP contribution in [0.3, 0.4) is 0 Å². The van der Waals surface area contributed by atoms with Crippen molar-refractivity contribution < 1.29 is 4.58 Å². The Kier molecular flexibility index (Phi) is 3.38. The zero-order valence-electron chi connectivity index (χ0n) is 15.0. The topological polar surface area (TPSA) is 6.25 Å². The van der Waals surface area contributed by atoms with Crippen molar-refractivity contribution >= 4 is 17.6 Å². The summed E-state index contributed by atoms with van der Waals surface area (Å²) in [7, 11) is 2.19. The van der Waals surface area contributed by atoms with Crippen molar-refractivity contribution in [2.75, 3.05) is 18.5 Å². The highest BCUT2D eigenvalue weighted by molar-refractivity contribution is 5.82. The van der Waals surface area contributed by atoms with Gasteiger partial charge < -0.3 is 4.90 Å². The van der Waals surface area contributed by atoms with Crippen LogP contribution in [0.15, 0.2) is 59.8 Å². The Balaban J connectivity index is 1.82. The van der Waals surface area contributed by atoms with Crippen LogP contribution in [-0.2, 0) is 11.8 Å². The monoisotopic (exact) mass is 317 g/mol. The molecular formula is C22H25N2+. The number of benzene rings is 2. The van der Waals surface area contributed by atoms with Crippen molar-refractivity contribution in [3.05, 3.63) is 70.9 Å². The molecular weight excluding hydrogens is 292 g/mol.